The van der Waals surface area contributed by atoms with E-state index in [4.69, 9.17) is 9.47 Å². The Hall–Kier alpha value is -3.11. The second-order valence-electron chi connectivity index (χ2n) is 12.4. The zero-order valence-corrected chi connectivity index (χ0v) is 24.5. The van der Waals surface area contributed by atoms with E-state index in [2.05, 4.69) is 20.9 Å². The number of hydrogen-bond donors (Lipinski definition) is 3. The van der Waals surface area contributed by atoms with Gasteiger partial charge in [-0.1, -0.05) is 20.8 Å². The van der Waals surface area contributed by atoms with Crippen molar-refractivity contribution in [1.29, 1.82) is 0 Å². The van der Waals surface area contributed by atoms with E-state index in [1.54, 1.807) is 27.0 Å². The summed E-state index contributed by atoms with van der Waals surface area (Å²) in [6.45, 7) is 17.0. The average Bonchev–Trinajstić information content (AvgIpc) is 3.27. The lowest BCUT2D eigenvalue weighted by atomic mass is 9.84. The Morgan fingerprint density at radius 1 is 0.868 bits per heavy atom. The van der Waals surface area contributed by atoms with Crippen LogP contribution < -0.4 is 16.0 Å². The molecule has 2 unspecified atom stereocenters. The minimum atomic E-state index is -0.870. The van der Waals surface area contributed by atoms with E-state index < -0.39 is 29.2 Å². The van der Waals surface area contributed by atoms with Gasteiger partial charge in [0.1, 0.15) is 23.6 Å². The highest BCUT2D eigenvalue weighted by Gasteiger charge is 2.31. The van der Waals surface area contributed by atoms with Gasteiger partial charge in [0.2, 0.25) is 0 Å². The number of imidazole rings is 1. The molecule has 216 valence electrons. The Kier molecular flexibility index (Phi) is 12.3. The normalized spacial score (nSPS) is 13.7. The molecule has 0 saturated carbocycles. The molecule has 2 atom stereocenters. The van der Waals surface area contributed by atoms with Gasteiger partial charge in [0, 0.05) is 31.4 Å². The summed E-state index contributed by atoms with van der Waals surface area (Å²) >= 11 is 0. The number of ether oxygens (including phenoxy) is 2. The molecule has 3 amide bonds. The van der Waals surface area contributed by atoms with Gasteiger partial charge in [-0.05, 0) is 72.6 Å². The first-order chi connectivity index (χ1) is 17.4. The Morgan fingerprint density at radius 2 is 1.50 bits per heavy atom. The Morgan fingerprint density at radius 3 is 2.03 bits per heavy atom. The van der Waals surface area contributed by atoms with Crippen LogP contribution in [0.4, 0.5) is 9.59 Å². The average molecular weight is 538 g/mol. The number of urea groups is 1. The first-order valence-electron chi connectivity index (χ1n) is 13.2. The number of esters is 2. The predicted octanol–water partition coefficient (Wildman–Crippen LogP) is 4.16. The van der Waals surface area contributed by atoms with Gasteiger partial charge >= 0.3 is 24.0 Å². The number of carbonyl (C=O) groups excluding carboxylic acids is 4. The van der Waals surface area contributed by atoms with Crippen molar-refractivity contribution in [3.63, 3.8) is 0 Å². The molecule has 0 radical (unpaired) electrons. The zero-order valence-electron chi connectivity index (χ0n) is 24.5. The predicted molar refractivity (Wildman–Crippen MR) is 144 cm³/mol. The number of hydrogen-bond acceptors (Lipinski definition) is 7. The van der Waals surface area contributed by atoms with Crippen LogP contribution in [0.5, 0.6) is 0 Å². The molecule has 0 aliphatic rings. The van der Waals surface area contributed by atoms with E-state index in [1.165, 1.54) is 17.1 Å². The van der Waals surface area contributed by atoms with Crippen molar-refractivity contribution < 1.29 is 28.7 Å². The van der Waals surface area contributed by atoms with Gasteiger partial charge in [-0.3, -0.25) is 9.36 Å². The van der Waals surface area contributed by atoms with Crippen molar-refractivity contribution in [2.75, 3.05) is 6.54 Å². The number of nitrogens with zero attached hydrogens (tertiary/aromatic N) is 2. The van der Waals surface area contributed by atoms with Crippen molar-refractivity contribution in [2.24, 2.45) is 5.41 Å². The standard InChI is InChI=1S/C27H47N5O6/c1-25(2,3)20(13-14-21(33)37-26(4,5)6)31-23(35)30-19(22(34)38-27(7,8)9)12-10-11-15-29-24(36)32-17-16-28-18-32/h16-20H,10-15H2,1-9H3,(H,29,36)(H2,30,31,35). The minimum Gasteiger partial charge on any atom is -0.460 e. The molecule has 0 spiro atoms. The highest BCUT2D eigenvalue weighted by Crippen LogP contribution is 2.24. The van der Waals surface area contributed by atoms with Crippen LogP contribution in [-0.4, -0.2) is 63.4 Å². The van der Waals surface area contributed by atoms with E-state index in [0.29, 0.717) is 32.2 Å². The van der Waals surface area contributed by atoms with Crippen LogP contribution in [0.1, 0.15) is 94.4 Å². The van der Waals surface area contributed by atoms with Gasteiger partial charge in [0.05, 0.1) is 0 Å². The summed E-state index contributed by atoms with van der Waals surface area (Å²) in [7, 11) is 0. The van der Waals surface area contributed by atoms with Crippen LogP contribution in [0.15, 0.2) is 18.7 Å². The van der Waals surface area contributed by atoms with Crippen LogP contribution in [-0.2, 0) is 19.1 Å². The molecule has 1 heterocycles. The number of aromatic nitrogens is 2. The second kappa shape index (κ2) is 14.2. The molecule has 1 rings (SSSR count). The fourth-order valence-corrected chi connectivity index (χ4v) is 3.50. The van der Waals surface area contributed by atoms with E-state index in [0.717, 1.165) is 0 Å². The summed E-state index contributed by atoms with van der Waals surface area (Å²) in [6.07, 6.45) is 6.52. The van der Waals surface area contributed by atoms with Crippen molar-refractivity contribution >= 4 is 24.0 Å². The molecule has 3 N–H and O–H groups in total. The molecule has 1 aromatic heterocycles. The lowest BCUT2D eigenvalue weighted by molar-refractivity contribution is -0.157. The quantitative estimate of drug-likeness (QED) is 0.284. The molecule has 11 nitrogen and oxygen atoms in total. The van der Waals surface area contributed by atoms with E-state index in [1.807, 2.05) is 41.5 Å². The molecule has 0 bridgehead atoms. The number of unbranched alkanes of at least 4 members (excludes halogenated alkanes) is 1. The minimum absolute atomic E-state index is 0.153. The molecule has 1 aromatic rings. The van der Waals surface area contributed by atoms with Gasteiger partial charge in [0.15, 0.2) is 0 Å². The molecule has 0 aliphatic heterocycles. The van der Waals surface area contributed by atoms with Crippen molar-refractivity contribution in [3.05, 3.63) is 18.7 Å². The zero-order chi connectivity index (χ0) is 29.1. The number of nitrogens with one attached hydrogen (secondary N) is 3. The SMILES string of the molecule is CC(C)(C)OC(=O)CCC(NC(=O)NC(CCCCNC(=O)n1ccnc1)C(=O)OC(C)(C)C)C(C)(C)C. The molecule has 0 aliphatic carbocycles. The van der Waals surface area contributed by atoms with Gasteiger partial charge in [-0.2, -0.15) is 0 Å². The monoisotopic (exact) mass is 537 g/mol. The highest BCUT2D eigenvalue weighted by atomic mass is 16.6. The molecule has 0 aromatic carbocycles. The van der Waals surface area contributed by atoms with E-state index in [-0.39, 0.29) is 29.9 Å². The van der Waals surface area contributed by atoms with Crippen LogP contribution >= 0.6 is 0 Å². The molecular weight excluding hydrogens is 490 g/mol. The fourth-order valence-electron chi connectivity index (χ4n) is 3.50. The fraction of sp³-hybridized carbons (Fsp3) is 0.741. The highest BCUT2D eigenvalue weighted by molar-refractivity contribution is 5.84. The van der Waals surface area contributed by atoms with E-state index in [9.17, 15) is 19.2 Å². The smallest absolute Gasteiger partial charge is 0.329 e. The summed E-state index contributed by atoms with van der Waals surface area (Å²) in [5.41, 5.74) is -1.64. The third kappa shape index (κ3) is 14.0. The van der Waals surface area contributed by atoms with Crippen molar-refractivity contribution in [1.82, 2.24) is 25.5 Å². The van der Waals surface area contributed by atoms with Crippen molar-refractivity contribution in [2.45, 2.75) is 118 Å². The van der Waals surface area contributed by atoms with Gasteiger partial charge in [-0.15, -0.1) is 0 Å². The first kappa shape index (κ1) is 32.9. The maximum Gasteiger partial charge on any atom is 0.329 e. The summed E-state index contributed by atoms with van der Waals surface area (Å²) in [4.78, 5) is 53.9. The van der Waals surface area contributed by atoms with Crippen LogP contribution in [0.25, 0.3) is 0 Å². The number of rotatable bonds is 11. The first-order valence-corrected chi connectivity index (χ1v) is 13.2. The van der Waals surface area contributed by atoms with Gasteiger partial charge in [-0.25, -0.2) is 19.4 Å². The molecule has 0 saturated heterocycles. The maximum absolute atomic E-state index is 13.0. The number of amides is 3. The van der Waals surface area contributed by atoms with Crippen LogP contribution in [0, 0.1) is 5.41 Å². The molecule has 11 heteroatoms. The van der Waals surface area contributed by atoms with Gasteiger partial charge < -0.3 is 25.4 Å². The summed E-state index contributed by atoms with van der Waals surface area (Å²) in [5.74, 6) is -0.864. The Labute approximate surface area is 226 Å². The third-order valence-electron chi connectivity index (χ3n) is 5.34. The Bertz CT molecular complexity index is 910. The number of carbonyl (C=O) groups is 4. The summed E-state index contributed by atoms with van der Waals surface area (Å²) in [6, 6.07) is -2.01. The maximum atomic E-state index is 13.0. The summed E-state index contributed by atoms with van der Waals surface area (Å²) in [5, 5.41) is 8.45. The summed E-state index contributed by atoms with van der Waals surface area (Å²) < 4.78 is 12.2. The van der Waals surface area contributed by atoms with Crippen LogP contribution in [0.3, 0.4) is 0 Å². The van der Waals surface area contributed by atoms with Crippen LogP contribution in [0.2, 0.25) is 0 Å². The molecule has 38 heavy (non-hydrogen) atoms. The second-order valence-corrected chi connectivity index (χ2v) is 12.4. The van der Waals surface area contributed by atoms with Crippen molar-refractivity contribution in [3.8, 4) is 0 Å². The van der Waals surface area contributed by atoms with E-state index >= 15 is 0 Å². The van der Waals surface area contributed by atoms with Gasteiger partial charge in [0.25, 0.3) is 0 Å². The molecular formula is C27H47N5O6. The molecule has 0 fully saturated rings. The lowest BCUT2D eigenvalue weighted by Crippen LogP contribution is -2.53. The Balaban J connectivity index is 2.72. The lowest BCUT2D eigenvalue weighted by Gasteiger charge is -2.32. The third-order valence-corrected chi connectivity index (χ3v) is 5.34. The largest absolute Gasteiger partial charge is 0.460 e. The topological polar surface area (TPSA) is 141 Å².